The fourth-order valence-electron chi connectivity index (χ4n) is 2.25. The highest BCUT2D eigenvalue weighted by Gasteiger charge is 2.31. The predicted octanol–water partition coefficient (Wildman–Crippen LogP) is 1.12. The van der Waals surface area contributed by atoms with E-state index >= 15 is 0 Å². The zero-order valence-electron chi connectivity index (χ0n) is 8.79. The van der Waals surface area contributed by atoms with Gasteiger partial charge >= 0.3 is 0 Å². The summed E-state index contributed by atoms with van der Waals surface area (Å²) < 4.78 is 5.22. The molecule has 1 heterocycles. The van der Waals surface area contributed by atoms with E-state index in [2.05, 4.69) is 5.32 Å². The number of hydrogen-bond acceptors (Lipinski definition) is 3. The third-order valence-corrected chi connectivity index (χ3v) is 3.53. The number of nitrogens with one attached hydrogen (secondary N) is 1. The molecule has 0 radical (unpaired) electrons. The Kier molecular flexibility index (Phi) is 3.19. The Morgan fingerprint density at radius 1 is 1.50 bits per heavy atom. The van der Waals surface area contributed by atoms with Crippen LogP contribution in [-0.4, -0.2) is 31.6 Å². The van der Waals surface area contributed by atoms with Crippen LogP contribution in [-0.2, 0) is 9.53 Å². The van der Waals surface area contributed by atoms with Gasteiger partial charge in [0.05, 0.1) is 12.1 Å². The minimum atomic E-state index is 0.0700. The highest BCUT2D eigenvalue weighted by Crippen LogP contribution is 2.30. The van der Waals surface area contributed by atoms with Crippen LogP contribution in [0.5, 0.6) is 0 Å². The van der Waals surface area contributed by atoms with Crippen molar-refractivity contribution in [2.75, 3.05) is 13.7 Å². The molecule has 80 valence electrons. The monoisotopic (exact) mass is 197 g/mol. The van der Waals surface area contributed by atoms with Gasteiger partial charge in [0.2, 0.25) is 0 Å². The lowest BCUT2D eigenvalue weighted by atomic mass is 9.81. The van der Waals surface area contributed by atoms with E-state index < -0.39 is 0 Å². The molecular formula is C11H19NO2. The molecule has 1 aliphatic heterocycles. The van der Waals surface area contributed by atoms with Gasteiger partial charge in [0.1, 0.15) is 5.78 Å². The number of carbonyl (C=O) groups is 1. The van der Waals surface area contributed by atoms with Crippen LogP contribution >= 0.6 is 0 Å². The van der Waals surface area contributed by atoms with Crippen molar-refractivity contribution in [1.29, 1.82) is 0 Å². The van der Waals surface area contributed by atoms with Crippen LogP contribution in [0.15, 0.2) is 0 Å². The van der Waals surface area contributed by atoms with Gasteiger partial charge in [-0.05, 0) is 12.3 Å². The Hall–Kier alpha value is -0.410. The second-order valence-electron chi connectivity index (χ2n) is 4.52. The molecule has 2 rings (SSSR count). The fourth-order valence-corrected chi connectivity index (χ4v) is 2.25. The van der Waals surface area contributed by atoms with Crippen LogP contribution in [0.25, 0.3) is 0 Å². The SMILES string of the molecule is COC1CNC(C(=O)CC2CCC2)C1. The summed E-state index contributed by atoms with van der Waals surface area (Å²) in [6, 6.07) is 0.0700. The topological polar surface area (TPSA) is 38.3 Å². The lowest BCUT2D eigenvalue weighted by Gasteiger charge is -2.25. The number of hydrogen-bond donors (Lipinski definition) is 1. The van der Waals surface area contributed by atoms with E-state index in [1.165, 1.54) is 19.3 Å². The van der Waals surface area contributed by atoms with E-state index in [4.69, 9.17) is 4.74 Å². The molecular weight excluding hydrogens is 178 g/mol. The maximum Gasteiger partial charge on any atom is 0.150 e. The fraction of sp³-hybridized carbons (Fsp3) is 0.909. The van der Waals surface area contributed by atoms with Crippen molar-refractivity contribution in [2.45, 2.75) is 44.2 Å². The van der Waals surface area contributed by atoms with E-state index in [1.54, 1.807) is 7.11 Å². The lowest BCUT2D eigenvalue weighted by molar-refractivity contribution is -0.122. The summed E-state index contributed by atoms with van der Waals surface area (Å²) in [5.74, 6) is 1.08. The molecule has 0 spiro atoms. The number of Topliss-reactive ketones (excluding diaryl/α,β-unsaturated/α-hetero) is 1. The quantitative estimate of drug-likeness (QED) is 0.734. The third kappa shape index (κ3) is 2.15. The summed E-state index contributed by atoms with van der Waals surface area (Å²) in [6.45, 7) is 0.831. The van der Waals surface area contributed by atoms with Gasteiger partial charge in [-0.2, -0.15) is 0 Å². The van der Waals surface area contributed by atoms with Gasteiger partial charge in [-0.25, -0.2) is 0 Å². The van der Waals surface area contributed by atoms with E-state index in [9.17, 15) is 4.79 Å². The van der Waals surface area contributed by atoms with Gasteiger partial charge in [0.25, 0.3) is 0 Å². The summed E-state index contributed by atoms with van der Waals surface area (Å²) in [5.41, 5.74) is 0. The highest BCUT2D eigenvalue weighted by atomic mass is 16.5. The van der Waals surface area contributed by atoms with Gasteiger partial charge in [-0.15, -0.1) is 0 Å². The second kappa shape index (κ2) is 4.41. The van der Waals surface area contributed by atoms with Gasteiger partial charge in [0.15, 0.2) is 0 Å². The van der Waals surface area contributed by atoms with E-state index in [1.807, 2.05) is 0 Å². The smallest absolute Gasteiger partial charge is 0.150 e. The standard InChI is InChI=1S/C11H19NO2/c1-14-9-6-10(12-7-9)11(13)5-8-3-2-4-8/h8-10,12H,2-7H2,1H3. The zero-order valence-corrected chi connectivity index (χ0v) is 8.79. The van der Waals surface area contributed by atoms with Crippen molar-refractivity contribution in [3.8, 4) is 0 Å². The van der Waals surface area contributed by atoms with Crippen molar-refractivity contribution in [3.05, 3.63) is 0 Å². The molecule has 0 aromatic heterocycles. The number of carbonyl (C=O) groups excluding carboxylic acids is 1. The van der Waals surface area contributed by atoms with Crippen LogP contribution in [0.3, 0.4) is 0 Å². The number of methoxy groups -OCH3 is 1. The summed E-state index contributed by atoms with van der Waals surface area (Å²) in [5, 5.41) is 3.24. The first kappa shape index (κ1) is 10.1. The van der Waals surface area contributed by atoms with E-state index in [0.717, 1.165) is 19.4 Å². The Balaban J connectivity index is 1.74. The minimum Gasteiger partial charge on any atom is -0.380 e. The molecule has 0 aromatic rings. The van der Waals surface area contributed by atoms with E-state index in [-0.39, 0.29) is 12.1 Å². The Bertz CT molecular complexity index is 213. The molecule has 1 N–H and O–H groups in total. The van der Waals surface area contributed by atoms with Crippen LogP contribution in [0.4, 0.5) is 0 Å². The summed E-state index contributed by atoms with van der Waals surface area (Å²) >= 11 is 0. The first-order valence-electron chi connectivity index (χ1n) is 5.58. The first-order chi connectivity index (χ1) is 6.79. The van der Waals surface area contributed by atoms with Gasteiger partial charge in [-0.1, -0.05) is 19.3 Å². The van der Waals surface area contributed by atoms with Crippen molar-refractivity contribution in [3.63, 3.8) is 0 Å². The molecule has 2 aliphatic rings. The molecule has 1 aliphatic carbocycles. The zero-order chi connectivity index (χ0) is 9.97. The minimum absolute atomic E-state index is 0.0700. The molecule has 14 heavy (non-hydrogen) atoms. The number of ketones is 1. The highest BCUT2D eigenvalue weighted by molar-refractivity contribution is 5.84. The summed E-state index contributed by atoms with van der Waals surface area (Å²) in [4.78, 5) is 11.8. The first-order valence-corrected chi connectivity index (χ1v) is 5.58. The number of ether oxygens (including phenoxy) is 1. The molecule has 1 saturated heterocycles. The van der Waals surface area contributed by atoms with Crippen molar-refractivity contribution >= 4 is 5.78 Å². The molecule has 2 fully saturated rings. The Labute approximate surface area is 85.2 Å². The number of rotatable bonds is 4. The molecule has 2 unspecified atom stereocenters. The van der Waals surface area contributed by atoms with Crippen LogP contribution in [0.2, 0.25) is 0 Å². The maximum absolute atomic E-state index is 11.8. The Morgan fingerprint density at radius 3 is 2.79 bits per heavy atom. The van der Waals surface area contributed by atoms with Crippen LogP contribution in [0, 0.1) is 5.92 Å². The second-order valence-corrected chi connectivity index (χ2v) is 4.52. The predicted molar refractivity (Wildman–Crippen MR) is 54.2 cm³/mol. The molecule has 0 amide bonds. The Morgan fingerprint density at radius 2 is 2.29 bits per heavy atom. The average molecular weight is 197 g/mol. The maximum atomic E-state index is 11.8. The van der Waals surface area contributed by atoms with Crippen molar-refractivity contribution in [1.82, 2.24) is 5.32 Å². The largest absolute Gasteiger partial charge is 0.380 e. The summed E-state index contributed by atoms with van der Waals surface area (Å²) in [6.07, 6.45) is 5.72. The van der Waals surface area contributed by atoms with Gasteiger partial charge < -0.3 is 10.1 Å². The van der Waals surface area contributed by atoms with Crippen molar-refractivity contribution in [2.24, 2.45) is 5.92 Å². The molecule has 0 bridgehead atoms. The van der Waals surface area contributed by atoms with E-state index in [0.29, 0.717) is 11.7 Å². The molecule has 2 atom stereocenters. The average Bonchev–Trinajstić information content (AvgIpc) is 2.59. The summed E-state index contributed by atoms with van der Waals surface area (Å²) in [7, 11) is 1.71. The van der Waals surface area contributed by atoms with Crippen LogP contribution < -0.4 is 5.32 Å². The van der Waals surface area contributed by atoms with Gasteiger partial charge in [0, 0.05) is 20.1 Å². The van der Waals surface area contributed by atoms with Crippen LogP contribution in [0.1, 0.15) is 32.1 Å². The molecule has 3 heteroatoms. The van der Waals surface area contributed by atoms with Gasteiger partial charge in [-0.3, -0.25) is 4.79 Å². The molecule has 3 nitrogen and oxygen atoms in total. The molecule has 1 saturated carbocycles. The lowest BCUT2D eigenvalue weighted by Crippen LogP contribution is -2.33. The molecule has 0 aromatic carbocycles. The van der Waals surface area contributed by atoms with Crippen molar-refractivity contribution < 1.29 is 9.53 Å². The normalized spacial score (nSPS) is 32.9. The third-order valence-electron chi connectivity index (χ3n) is 3.53.